The zero-order valence-corrected chi connectivity index (χ0v) is 8.64. The second-order valence-corrected chi connectivity index (χ2v) is 3.25. The SMILES string of the molecule is C=CC[C@H]1O[C@H](COC(C)=O)C=CC1=O. The van der Waals surface area contributed by atoms with Gasteiger partial charge in [-0.3, -0.25) is 9.59 Å². The molecule has 1 heterocycles. The molecule has 0 bridgehead atoms. The number of ketones is 1. The van der Waals surface area contributed by atoms with Crippen molar-refractivity contribution < 1.29 is 19.1 Å². The minimum atomic E-state index is -0.493. The van der Waals surface area contributed by atoms with Gasteiger partial charge >= 0.3 is 5.97 Å². The van der Waals surface area contributed by atoms with Crippen LogP contribution in [0.15, 0.2) is 24.8 Å². The molecule has 0 fully saturated rings. The summed E-state index contributed by atoms with van der Waals surface area (Å²) in [5.41, 5.74) is 0. The Hall–Kier alpha value is -1.42. The van der Waals surface area contributed by atoms with Crippen molar-refractivity contribution in [2.75, 3.05) is 6.61 Å². The number of carbonyl (C=O) groups excluding carboxylic acids is 2. The molecule has 0 saturated carbocycles. The molecule has 0 aromatic carbocycles. The molecule has 2 atom stereocenters. The number of hydrogen-bond donors (Lipinski definition) is 0. The molecular formula is C11H14O4. The number of ether oxygens (including phenoxy) is 2. The molecule has 0 spiro atoms. The average molecular weight is 210 g/mol. The number of esters is 1. The van der Waals surface area contributed by atoms with E-state index in [4.69, 9.17) is 9.47 Å². The zero-order chi connectivity index (χ0) is 11.3. The fourth-order valence-corrected chi connectivity index (χ4v) is 1.25. The van der Waals surface area contributed by atoms with Gasteiger partial charge in [0.15, 0.2) is 5.78 Å². The summed E-state index contributed by atoms with van der Waals surface area (Å²) in [6.45, 7) is 5.02. The topological polar surface area (TPSA) is 52.6 Å². The Bertz CT molecular complexity index is 293. The van der Waals surface area contributed by atoms with Crippen LogP contribution in [0.25, 0.3) is 0 Å². The predicted molar refractivity (Wildman–Crippen MR) is 54.3 cm³/mol. The van der Waals surface area contributed by atoms with Crippen molar-refractivity contribution in [3.63, 3.8) is 0 Å². The van der Waals surface area contributed by atoms with E-state index in [0.29, 0.717) is 6.42 Å². The third-order valence-corrected chi connectivity index (χ3v) is 1.96. The van der Waals surface area contributed by atoms with Gasteiger partial charge in [0.05, 0.1) is 0 Å². The first-order valence-corrected chi connectivity index (χ1v) is 4.75. The molecule has 15 heavy (non-hydrogen) atoms. The van der Waals surface area contributed by atoms with Gasteiger partial charge in [0.25, 0.3) is 0 Å². The molecule has 0 unspecified atom stereocenters. The summed E-state index contributed by atoms with van der Waals surface area (Å²) in [4.78, 5) is 21.9. The molecular weight excluding hydrogens is 196 g/mol. The van der Waals surface area contributed by atoms with E-state index in [0.717, 1.165) is 0 Å². The van der Waals surface area contributed by atoms with Crippen LogP contribution in [0.5, 0.6) is 0 Å². The Balaban J connectivity index is 2.48. The zero-order valence-electron chi connectivity index (χ0n) is 8.64. The molecule has 0 aromatic rings. The van der Waals surface area contributed by atoms with E-state index in [-0.39, 0.29) is 24.5 Å². The van der Waals surface area contributed by atoms with Crippen LogP contribution < -0.4 is 0 Å². The number of carbonyl (C=O) groups is 2. The van der Waals surface area contributed by atoms with Crippen molar-refractivity contribution in [1.29, 1.82) is 0 Å². The lowest BCUT2D eigenvalue weighted by molar-refractivity contribution is -0.147. The van der Waals surface area contributed by atoms with Gasteiger partial charge in [-0.15, -0.1) is 6.58 Å². The van der Waals surface area contributed by atoms with Crippen LogP contribution in [0.1, 0.15) is 13.3 Å². The first-order valence-electron chi connectivity index (χ1n) is 4.75. The van der Waals surface area contributed by atoms with Gasteiger partial charge in [-0.05, 0) is 18.6 Å². The molecule has 1 rings (SSSR count). The Kier molecular flexibility index (Phi) is 4.24. The van der Waals surface area contributed by atoms with Crippen molar-refractivity contribution in [1.82, 2.24) is 0 Å². The van der Waals surface area contributed by atoms with E-state index in [1.807, 2.05) is 0 Å². The summed E-state index contributed by atoms with van der Waals surface area (Å²) in [5.74, 6) is -0.432. The van der Waals surface area contributed by atoms with E-state index in [9.17, 15) is 9.59 Å². The summed E-state index contributed by atoms with van der Waals surface area (Å²) < 4.78 is 10.2. The van der Waals surface area contributed by atoms with Crippen molar-refractivity contribution in [2.24, 2.45) is 0 Å². The lowest BCUT2D eigenvalue weighted by Crippen LogP contribution is -2.34. The van der Waals surface area contributed by atoms with Crippen LogP contribution in [0.2, 0.25) is 0 Å². The van der Waals surface area contributed by atoms with Gasteiger partial charge in [-0.1, -0.05) is 6.08 Å². The molecule has 1 aliphatic rings. The van der Waals surface area contributed by atoms with E-state index >= 15 is 0 Å². The predicted octanol–water partition coefficient (Wildman–Crippen LogP) is 1.02. The normalized spacial score (nSPS) is 25.0. The lowest BCUT2D eigenvalue weighted by atomic mass is 10.1. The van der Waals surface area contributed by atoms with Crippen molar-refractivity contribution in [3.05, 3.63) is 24.8 Å². The third-order valence-electron chi connectivity index (χ3n) is 1.96. The second kappa shape index (κ2) is 5.46. The van der Waals surface area contributed by atoms with Gasteiger partial charge < -0.3 is 9.47 Å². The summed E-state index contributed by atoms with van der Waals surface area (Å²) >= 11 is 0. The highest BCUT2D eigenvalue weighted by molar-refractivity contribution is 5.94. The molecule has 0 aliphatic carbocycles. The van der Waals surface area contributed by atoms with Crippen molar-refractivity contribution >= 4 is 11.8 Å². The van der Waals surface area contributed by atoms with E-state index in [1.54, 1.807) is 12.2 Å². The average Bonchev–Trinajstić information content (AvgIpc) is 2.19. The summed E-state index contributed by atoms with van der Waals surface area (Å²) in [5, 5.41) is 0. The molecule has 0 aromatic heterocycles. The molecule has 0 saturated heterocycles. The molecule has 0 radical (unpaired) electrons. The first-order chi connectivity index (χ1) is 7.13. The molecule has 0 amide bonds. The fourth-order valence-electron chi connectivity index (χ4n) is 1.25. The smallest absolute Gasteiger partial charge is 0.302 e. The Morgan fingerprint density at radius 1 is 1.73 bits per heavy atom. The van der Waals surface area contributed by atoms with Crippen LogP contribution in [0, 0.1) is 0 Å². The summed E-state index contributed by atoms with van der Waals surface area (Å²) in [7, 11) is 0. The Labute approximate surface area is 88.6 Å². The fraction of sp³-hybridized carbons (Fsp3) is 0.455. The highest BCUT2D eigenvalue weighted by Gasteiger charge is 2.24. The maximum atomic E-state index is 11.3. The minimum absolute atomic E-state index is 0.0750. The summed E-state index contributed by atoms with van der Waals surface area (Å²) in [6.07, 6.45) is 4.34. The van der Waals surface area contributed by atoms with Gasteiger partial charge in [0.2, 0.25) is 0 Å². The van der Waals surface area contributed by atoms with E-state index in [2.05, 4.69) is 6.58 Å². The van der Waals surface area contributed by atoms with E-state index in [1.165, 1.54) is 13.0 Å². The van der Waals surface area contributed by atoms with Gasteiger partial charge in [-0.25, -0.2) is 0 Å². The Morgan fingerprint density at radius 3 is 3.07 bits per heavy atom. The van der Waals surface area contributed by atoms with Crippen molar-refractivity contribution in [3.8, 4) is 0 Å². The maximum absolute atomic E-state index is 11.3. The van der Waals surface area contributed by atoms with Gasteiger partial charge in [0.1, 0.15) is 18.8 Å². The quantitative estimate of drug-likeness (QED) is 0.513. The second-order valence-electron chi connectivity index (χ2n) is 3.25. The highest BCUT2D eigenvalue weighted by atomic mass is 16.6. The first kappa shape index (κ1) is 11.7. The number of hydrogen-bond acceptors (Lipinski definition) is 4. The molecule has 82 valence electrons. The molecule has 1 aliphatic heterocycles. The van der Waals surface area contributed by atoms with Crippen molar-refractivity contribution in [2.45, 2.75) is 25.6 Å². The highest BCUT2D eigenvalue weighted by Crippen LogP contribution is 2.13. The lowest BCUT2D eigenvalue weighted by Gasteiger charge is -2.23. The maximum Gasteiger partial charge on any atom is 0.302 e. The standard InChI is InChI=1S/C11H14O4/c1-3-4-11-10(13)6-5-9(15-11)7-14-8(2)12/h3,5-6,9,11H,1,4,7H2,2H3/t9-,11+/m0/s1. The van der Waals surface area contributed by atoms with E-state index < -0.39 is 6.10 Å². The monoisotopic (exact) mass is 210 g/mol. The number of rotatable bonds is 4. The van der Waals surface area contributed by atoms with Crippen LogP contribution in [0.3, 0.4) is 0 Å². The van der Waals surface area contributed by atoms with Crippen LogP contribution in [-0.4, -0.2) is 30.6 Å². The van der Waals surface area contributed by atoms with Crippen LogP contribution in [-0.2, 0) is 19.1 Å². The summed E-state index contributed by atoms with van der Waals surface area (Å²) in [6, 6.07) is 0. The molecule has 4 nitrogen and oxygen atoms in total. The minimum Gasteiger partial charge on any atom is -0.463 e. The van der Waals surface area contributed by atoms with Gasteiger partial charge in [0, 0.05) is 6.92 Å². The largest absolute Gasteiger partial charge is 0.463 e. The third kappa shape index (κ3) is 3.67. The Morgan fingerprint density at radius 2 is 2.47 bits per heavy atom. The van der Waals surface area contributed by atoms with Crippen LogP contribution in [0.4, 0.5) is 0 Å². The molecule has 4 heteroatoms. The molecule has 0 N–H and O–H groups in total. The van der Waals surface area contributed by atoms with Gasteiger partial charge in [-0.2, -0.15) is 0 Å². The van der Waals surface area contributed by atoms with Crippen LogP contribution >= 0.6 is 0 Å².